The van der Waals surface area contributed by atoms with E-state index in [0.29, 0.717) is 24.5 Å². The van der Waals surface area contributed by atoms with Crippen LogP contribution >= 0.6 is 0 Å². The van der Waals surface area contributed by atoms with E-state index in [-0.39, 0.29) is 23.4 Å². The average Bonchev–Trinajstić information content (AvgIpc) is 3.38. The fourth-order valence-corrected chi connectivity index (χ4v) is 3.87. The first kappa shape index (κ1) is 21.4. The van der Waals surface area contributed by atoms with Crippen molar-refractivity contribution in [1.29, 1.82) is 0 Å². The number of hydrogen-bond donors (Lipinski definition) is 2. The Morgan fingerprint density at radius 3 is 1.47 bits per heavy atom. The van der Waals surface area contributed by atoms with Crippen molar-refractivity contribution in [2.24, 2.45) is 0 Å². The van der Waals surface area contributed by atoms with Crippen molar-refractivity contribution in [1.82, 2.24) is 9.97 Å². The number of nitrogens with one attached hydrogen (secondary N) is 2. The van der Waals surface area contributed by atoms with Gasteiger partial charge in [-0.1, -0.05) is 24.3 Å². The Bertz CT molecular complexity index is 1330. The van der Waals surface area contributed by atoms with Crippen LogP contribution in [-0.2, 0) is 22.4 Å². The van der Waals surface area contributed by atoms with E-state index in [1.165, 1.54) is 24.3 Å². The molecule has 6 nitrogen and oxygen atoms in total. The van der Waals surface area contributed by atoms with Crippen LogP contribution in [0.25, 0.3) is 22.3 Å². The molecule has 0 saturated heterocycles. The van der Waals surface area contributed by atoms with Crippen molar-refractivity contribution in [3.63, 3.8) is 0 Å². The molecule has 2 aromatic carbocycles. The lowest BCUT2D eigenvalue weighted by Gasteiger charge is -2.03. The number of nitrogens with zero attached hydrogens (tertiary/aromatic N) is 2. The molecule has 2 amide bonds. The highest BCUT2D eigenvalue weighted by molar-refractivity contribution is 5.99. The number of carbonyl (C=O) groups excluding carboxylic acids is 2. The number of rotatable bonds is 2. The first-order valence-electron chi connectivity index (χ1n) is 10.5. The number of fused-ring (bicyclic) bond motifs is 2. The summed E-state index contributed by atoms with van der Waals surface area (Å²) < 4.78 is 26.2. The molecule has 2 N–H and O–H groups in total. The fourth-order valence-electron chi connectivity index (χ4n) is 3.87. The Labute approximate surface area is 193 Å². The van der Waals surface area contributed by atoms with Crippen molar-refractivity contribution in [3.05, 3.63) is 95.8 Å². The zero-order valence-electron chi connectivity index (χ0n) is 17.8. The van der Waals surface area contributed by atoms with Crippen molar-refractivity contribution in [2.75, 3.05) is 10.6 Å². The molecule has 8 heteroatoms. The molecule has 2 aromatic heterocycles. The van der Waals surface area contributed by atoms with Crippen LogP contribution in [-0.4, -0.2) is 21.8 Å². The van der Waals surface area contributed by atoms with Gasteiger partial charge in [-0.2, -0.15) is 0 Å². The van der Waals surface area contributed by atoms with Crippen LogP contribution in [0.2, 0.25) is 0 Å². The Balaban J connectivity index is 0.000000142. The van der Waals surface area contributed by atoms with Crippen LogP contribution in [0.3, 0.4) is 0 Å². The van der Waals surface area contributed by atoms with Gasteiger partial charge in [-0.3, -0.25) is 9.59 Å². The zero-order chi connectivity index (χ0) is 23.7. The third kappa shape index (κ3) is 4.52. The Morgan fingerprint density at radius 2 is 1.06 bits per heavy atom. The van der Waals surface area contributed by atoms with E-state index in [1.54, 1.807) is 24.5 Å². The van der Waals surface area contributed by atoms with E-state index < -0.39 is 0 Å². The maximum absolute atomic E-state index is 13.1. The van der Waals surface area contributed by atoms with Crippen LogP contribution < -0.4 is 10.6 Å². The molecular weight excluding hydrogens is 438 g/mol. The van der Waals surface area contributed by atoms with Gasteiger partial charge < -0.3 is 10.6 Å². The Kier molecular flexibility index (Phi) is 5.55. The summed E-state index contributed by atoms with van der Waals surface area (Å²) >= 11 is 0. The third-order valence-electron chi connectivity index (χ3n) is 5.47. The van der Waals surface area contributed by atoms with Gasteiger partial charge in [0, 0.05) is 34.6 Å². The van der Waals surface area contributed by atoms with Gasteiger partial charge in [0.2, 0.25) is 11.8 Å². The standard InChI is InChI=1S/2C13H9FN2O/c2*14-11-3-1-2-8(5-11)10-4-9-6-12(17)16-13(9)15-7-10/h2*1-5,7H,6H2,(H,15,16,17). The largest absolute Gasteiger partial charge is 0.310 e. The van der Waals surface area contributed by atoms with Crippen molar-refractivity contribution < 1.29 is 18.4 Å². The zero-order valence-corrected chi connectivity index (χ0v) is 17.8. The topological polar surface area (TPSA) is 84.0 Å². The molecule has 0 radical (unpaired) electrons. The summed E-state index contributed by atoms with van der Waals surface area (Å²) in [7, 11) is 0. The van der Waals surface area contributed by atoms with Gasteiger partial charge in [-0.25, -0.2) is 18.7 Å². The molecule has 0 atom stereocenters. The van der Waals surface area contributed by atoms with Gasteiger partial charge in [-0.15, -0.1) is 0 Å². The van der Waals surface area contributed by atoms with Gasteiger partial charge in [0.15, 0.2) is 0 Å². The number of halogens is 2. The number of aromatic nitrogens is 2. The predicted octanol–water partition coefficient (Wildman–Crippen LogP) is 4.76. The number of amides is 2. The molecule has 0 unspecified atom stereocenters. The van der Waals surface area contributed by atoms with E-state index >= 15 is 0 Å². The van der Waals surface area contributed by atoms with E-state index in [2.05, 4.69) is 20.6 Å². The normalized spacial score (nSPS) is 13.4. The number of carbonyl (C=O) groups is 2. The molecule has 2 aliphatic rings. The molecule has 0 spiro atoms. The first-order chi connectivity index (χ1) is 16.4. The molecule has 0 aliphatic carbocycles. The summed E-state index contributed by atoms with van der Waals surface area (Å²) in [5.41, 5.74) is 4.88. The van der Waals surface area contributed by atoms with Crippen LogP contribution in [0.5, 0.6) is 0 Å². The van der Waals surface area contributed by atoms with Crippen LogP contribution in [0, 0.1) is 11.6 Å². The van der Waals surface area contributed by atoms with Crippen LogP contribution in [0.1, 0.15) is 11.1 Å². The smallest absolute Gasteiger partial charge is 0.230 e. The summed E-state index contributed by atoms with van der Waals surface area (Å²) in [6.07, 6.45) is 3.95. The second kappa shape index (κ2) is 8.82. The van der Waals surface area contributed by atoms with Gasteiger partial charge >= 0.3 is 0 Å². The monoisotopic (exact) mass is 456 g/mol. The van der Waals surface area contributed by atoms with Gasteiger partial charge in [0.1, 0.15) is 23.3 Å². The second-order valence-electron chi connectivity index (χ2n) is 7.93. The molecule has 0 saturated carbocycles. The molecule has 0 fully saturated rings. The van der Waals surface area contributed by atoms with Crippen molar-refractivity contribution in [2.45, 2.75) is 12.8 Å². The Hall–Kier alpha value is -4.46. The van der Waals surface area contributed by atoms with E-state index in [4.69, 9.17) is 0 Å². The molecule has 168 valence electrons. The van der Waals surface area contributed by atoms with Crippen LogP contribution in [0.4, 0.5) is 20.4 Å². The highest BCUT2D eigenvalue weighted by atomic mass is 19.1. The summed E-state index contributed by atoms with van der Waals surface area (Å²) in [6.45, 7) is 0. The lowest BCUT2D eigenvalue weighted by molar-refractivity contribution is -0.115. The molecular formula is C26H18F2N4O2. The quantitative estimate of drug-likeness (QED) is 0.455. The molecule has 4 aromatic rings. The van der Waals surface area contributed by atoms with E-state index in [1.807, 2.05) is 24.3 Å². The van der Waals surface area contributed by atoms with Crippen molar-refractivity contribution >= 4 is 23.5 Å². The summed E-state index contributed by atoms with van der Waals surface area (Å²) in [6, 6.07) is 16.4. The highest BCUT2D eigenvalue weighted by Crippen LogP contribution is 2.28. The number of anilines is 2. The highest BCUT2D eigenvalue weighted by Gasteiger charge is 2.20. The number of pyridine rings is 2. The third-order valence-corrected chi connectivity index (χ3v) is 5.47. The molecule has 4 heterocycles. The maximum Gasteiger partial charge on any atom is 0.230 e. The SMILES string of the molecule is O=C1Cc2cc(-c3cccc(F)c3)cnc2N1.O=C1Cc2cc(-c3cccc(F)c3)cnc2N1. The summed E-state index contributed by atoms with van der Waals surface area (Å²) in [4.78, 5) is 30.7. The maximum atomic E-state index is 13.1. The number of hydrogen-bond acceptors (Lipinski definition) is 4. The fraction of sp³-hybridized carbons (Fsp3) is 0.0769. The number of benzene rings is 2. The molecule has 6 rings (SSSR count). The van der Waals surface area contributed by atoms with E-state index in [0.717, 1.165) is 33.4 Å². The van der Waals surface area contributed by atoms with Crippen LogP contribution in [0.15, 0.2) is 73.1 Å². The average molecular weight is 456 g/mol. The van der Waals surface area contributed by atoms with E-state index in [9.17, 15) is 18.4 Å². The van der Waals surface area contributed by atoms with Gasteiger partial charge in [0.05, 0.1) is 12.8 Å². The minimum absolute atomic E-state index is 0.0520. The Morgan fingerprint density at radius 1 is 0.618 bits per heavy atom. The lowest BCUT2D eigenvalue weighted by Crippen LogP contribution is -2.04. The van der Waals surface area contributed by atoms with Crippen molar-refractivity contribution in [3.8, 4) is 22.3 Å². The predicted molar refractivity (Wildman–Crippen MR) is 124 cm³/mol. The minimum atomic E-state index is -0.280. The van der Waals surface area contributed by atoms with Gasteiger partial charge in [-0.05, 0) is 47.5 Å². The lowest BCUT2D eigenvalue weighted by atomic mass is 10.1. The second-order valence-corrected chi connectivity index (χ2v) is 7.93. The molecule has 2 aliphatic heterocycles. The first-order valence-corrected chi connectivity index (χ1v) is 10.5. The summed E-state index contributed by atoms with van der Waals surface area (Å²) in [5, 5.41) is 5.33. The minimum Gasteiger partial charge on any atom is -0.310 e. The van der Waals surface area contributed by atoms with Gasteiger partial charge in [0.25, 0.3) is 0 Å². The molecule has 34 heavy (non-hydrogen) atoms. The molecule has 0 bridgehead atoms. The summed E-state index contributed by atoms with van der Waals surface area (Å²) in [5.74, 6) is 0.549.